The molecule has 0 radical (unpaired) electrons. The van der Waals surface area contributed by atoms with Crippen molar-refractivity contribution in [3.63, 3.8) is 0 Å². The predicted octanol–water partition coefficient (Wildman–Crippen LogP) is 4.51. The first kappa shape index (κ1) is 17.4. The van der Waals surface area contributed by atoms with Crippen molar-refractivity contribution < 1.29 is 9.59 Å². The highest BCUT2D eigenvalue weighted by Crippen LogP contribution is 2.28. The van der Waals surface area contributed by atoms with Crippen LogP contribution in [0.5, 0.6) is 0 Å². The Morgan fingerprint density at radius 2 is 1.70 bits per heavy atom. The summed E-state index contributed by atoms with van der Waals surface area (Å²) in [6, 6.07) is 12.6. The second-order valence-electron chi connectivity index (χ2n) is 6.00. The highest BCUT2D eigenvalue weighted by molar-refractivity contribution is 7.20. The number of rotatable bonds is 4. The molecule has 4 aromatic rings. The van der Waals surface area contributed by atoms with Gasteiger partial charge in [0.25, 0.3) is 11.8 Å². The van der Waals surface area contributed by atoms with Crippen LogP contribution < -0.4 is 10.6 Å². The maximum Gasteiger partial charge on any atom is 0.265 e. The summed E-state index contributed by atoms with van der Waals surface area (Å²) in [4.78, 5) is 27.0. The van der Waals surface area contributed by atoms with E-state index in [1.807, 2.05) is 31.5 Å². The molecule has 0 aliphatic rings. The van der Waals surface area contributed by atoms with Crippen molar-refractivity contribution in [3.8, 4) is 0 Å². The molecule has 6 nitrogen and oxygen atoms in total. The molecule has 4 rings (SSSR count). The third-order valence-corrected chi connectivity index (χ3v) is 6.11. The van der Waals surface area contributed by atoms with E-state index in [4.69, 9.17) is 0 Å². The molecule has 1 aromatic carbocycles. The lowest BCUT2D eigenvalue weighted by atomic mass is 10.2. The van der Waals surface area contributed by atoms with Gasteiger partial charge in [-0.2, -0.15) is 5.10 Å². The van der Waals surface area contributed by atoms with Crippen LogP contribution in [0.2, 0.25) is 0 Å². The molecular weight excluding hydrogens is 380 g/mol. The third-order valence-electron chi connectivity index (χ3n) is 4.04. The van der Waals surface area contributed by atoms with E-state index >= 15 is 0 Å². The zero-order valence-electron chi connectivity index (χ0n) is 14.6. The van der Waals surface area contributed by atoms with Crippen molar-refractivity contribution in [1.82, 2.24) is 9.78 Å². The van der Waals surface area contributed by atoms with Gasteiger partial charge < -0.3 is 10.6 Å². The first-order chi connectivity index (χ1) is 13.0. The van der Waals surface area contributed by atoms with Gasteiger partial charge in [-0.1, -0.05) is 12.1 Å². The molecule has 3 heterocycles. The summed E-state index contributed by atoms with van der Waals surface area (Å²) in [5.41, 5.74) is 2.15. The molecule has 0 spiro atoms. The molecule has 0 saturated heterocycles. The number of thiophene rings is 2. The van der Waals surface area contributed by atoms with Gasteiger partial charge in [-0.25, -0.2) is 0 Å². The Hall–Kier alpha value is -2.97. The van der Waals surface area contributed by atoms with Gasteiger partial charge in [-0.15, -0.1) is 22.7 Å². The lowest BCUT2D eigenvalue weighted by Crippen LogP contribution is -2.12. The summed E-state index contributed by atoms with van der Waals surface area (Å²) in [7, 11) is 1.87. The van der Waals surface area contributed by atoms with Gasteiger partial charge in [0, 0.05) is 23.8 Å². The lowest BCUT2D eigenvalue weighted by molar-refractivity contribution is 0.102. The van der Waals surface area contributed by atoms with E-state index in [2.05, 4.69) is 15.7 Å². The average Bonchev–Trinajstić information content (AvgIpc) is 3.35. The Bertz CT molecular complexity index is 1110. The minimum Gasteiger partial charge on any atom is -0.321 e. The maximum atomic E-state index is 12.6. The predicted molar refractivity (Wildman–Crippen MR) is 110 cm³/mol. The second-order valence-corrected chi connectivity index (χ2v) is 7.98. The molecule has 2 N–H and O–H groups in total. The molecule has 0 bridgehead atoms. The maximum absolute atomic E-state index is 12.6. The molecule has 2 amide bonds. The van der Waals surface area contributed by atoms with Gasteiger partial charge in [0.15, 0.2) is 0 Å². The Balaban J connectivity index is 1.51. The fourth-order valence-electron chi connectivity index (χ4n) is 2.79. The van der Waals surface area contributed by atoms with Crippen LogP contribution in [-0.2, 0) is 7.05 Å². The molecule has 8 heteroatoms. The largest absolute Gasteiger partial charge is 0.321 e. The van der Waals surface area contributed by atoms with Crippen molar-refractivity contribution >= 4 is 56.1 Å². The Labute approximate surface area is 163 Å². The molecule has 0 saturated carbocycles. The molecule has 0 aliphatic heterocycles. The molecule has 0 fully saturated rings. The fourth-order valence-corrected chi connectivity index (χ4v) is 4.42. The van der Waals surface area contributed by atoms with Gasteiger partial charge in [0.1, 0.15) is 4.83 Å². The smallest absolute Gasteiger partial charge is 0.265 e. The van der Waals surface area contributed by atoms with Crippen LogP contribution in [0.3, 0.4) is 0 Å². The fraction of sp³-hybridized carbons (Fsp3) is 0.105. The van der Waals surface area contributed by atoms with Crippen molar-refractivity contribution in [1.29, 1.82) is 0 Å². The standard InChI is InChI=1S/C19H16N4O2S2/c1-11-14-10-16(27-19(14)23(2)22-11)18(25)21-13-6-3-5-12(9-13)20-17(24)15-7-4-8-26-15/h3-10H,1-2H3,(H,20,24)(H,21,25). The summed E-state index contributed by atoms with van der Waals surface area (Å²) in [6.45, 7) is 1.93. The van der Waals surface area contributed by atoms with Crippen LogP contribution in [0, 0.1) is 6.92 Å². The van der Waals surface area contributed by atoms with E-state index in [0.717, 1.165) is 15.9 Å². The normalized spacial score (nSPS) is 10.9. The van der Waals surface area contributed by atoms with E-state index in [9.17, 15) is 9.59 Å². The number of nitrogens with zero attached hydrogens (tertiary/aromatic N) is 2. The molecule has 27 heavy (non-hydrogen) atoms. The van der Waals surface area contributed by atoms with Gasteiger partial charge >= 0.3 is 0 Å². The molecule has 0 aliphatic carbocycles. The quantitative estimate of drug-likeness (QED) is 0.533. The minimum absolute atomic E-state index is 0.166. The first-order valence-electron chi connectivity index (χ1n) is 8.20. The number of benzene rings is 1. The van der Waals surface area contributed by atoms with Gasteiger partial charge in [0.05, 0.1) is 15.4 Å². The van der Waals surface area contributed by atoms with Crippen LogP contribution in [0.4, 0.5) is 11.4 Å². The average molecular weight is 396 g/mol. The SMILES string of the molecule is Cc1nn(C)c2sc(C(=O)Nc3cccc(NC(=O)c4cccs4)c3)cc12. The number of aryl methyl sites for hydroxylation is 2. The van der Waals surface area contributed by atoms with Crippen LogP contribution in [-0.4, -0.2) is 21.6 Å². The van der Waals surface area contributed by atoms with Gasteiger partial charge in [-0.3, -0.25) is 14.3 Å². The highest BCUT2D eigenvalue weighted by atomic mass is 32.1. The number of anilines is 2. The minimum atomic E-state index is -0.183. The highest BCUT2D eigenvalue weighted by Gasteiger charge is 2.15. The van der Waals surface area contributed by atoms with Crippen molar-refractivity contribution in [2.24, 2.45) is 7.05 Å². The number of carbonyl (C=O) groups is 2. The molecule has 0 atom stereocenters. The van der Waals surface area contributed by atoms with Gasteiger partial charge in [-0.05, 0) is 42.6 Å². The van der Waals surface area contributed by atoms with E-state index in [0.29, 0.717) is 21.1 Å². The zero-order chi connectivity index (χ0) is 19.0. The Kier molecular flexibility index (Phi) is 4.51. The Morgan fingerprint density at radius 1 is 1.00 bits per heavy atom. The van der Waals surface area contributed by atoms with Crippen molar-refractivity contribution in [3.05, 3.63) is 63.3 Å². The monoisotopic (exact) mass is 396 g/mol. The number of aromatic nitrogens is 2. The van der Waals surface area contributed by atoms with E-state index in [1.165, 1.54) is 22.7 Å². The first-order valence-corrected chi connectivity index (χ1v) is 9.90. The summed E-state index contributed by atoms with van der Waals surface area (Å²) < 4.78 is 1.78. The molecule has 0 unspecified atom stereocenters. The number of hydrogen-bond donors (Lipinski definition) is 2. The molecule has 3 aromatic heterocycles. The number of hydrogen-bond acceptors (Lipinski definition) is 5. The summed E-state index contributed by atoms with van der Waals surface area (Å²) in [5, 5.41) is 12.9. The Morgan fingerprint density at radius 3 is 2.33 bits per heavy atom. The van der Waals surface area contributed by atoms with E-state index < -0.39 is 0 Å². The number of carbonyl (C=O) groups excluding carboxylic acids is 2. The number of amides is 2. The lowest BCUT2D eigenvalue weighted by Gasteiger charge is -2.07. The van der Waals surface area contributed by atoms with Crippen molar-refractivity contribution in [2.45, 2.75) is 6.92 Å². The summed E-state index contributed by atoms with van der Waals surface area (Å²) in [6.07, 6.45) is 0. The van der Waals surface area contributed by atoms with E-state index in [-0.39, 0.29) is 11.8 Å². The van der Waals surface area contributed by atoms with E-state index in [1.54, 1.807) is 35.0 Å². The van der Waals surface area contributed by atoms with Gasteiger partial charge in [0.2, 0.25) is 0 Å². The second kappa shape index (κ2) is 6.98. The molecular formula is C19H16N4O2S2. The van der Waals surface area contributed by atoms with Crippen LogP contribution in [0.25, 0.3) is 10.2 Å². The summed E-state index contributed by atoms with van der Waals surface area (Å²) in [5.74, 6) is -0.349. The van der Waals surface area contributed by atoms with Crippen LogP contribution in [0.15, 0.2) is 47.8 Å². The summed E-state index contributed by atoms with van der Waals surface area (Å²) >= 11 is 2.79. The van der Waals surface area contributed by atoms with Crippen molar-refractivity contribution in [2.75, 3.05) is 10.6 Å². The van der Waals surface area contributed by atoms with Crippen LogP contribution >= 0.6 is 22.7 Å². The number of fused-ring (bicyclic) bond motifs is 1. The number of nitrogens with one attached hydrogen (secondary N) is 2. The third kappa shape index (κ3) is 3.49. The molecule has 136 valence electrons. The van der Waals surface area contributed by atoms with Crippen LogP contribution in [0.1, 0.15) is 25.0 Å². The zero-order valence-corrected chi connectivity index (χ0v) is 16.3. The topological polar surface area (TPSA) is 76.0 Å².